The van der Waals surface area contributed by atoms with Crippen LogP contribution in [0.3, 0.4) is 0 Å². The Kier molecular flexibility index (Phi) is 4.70. The number of amides is 1. The maximum atomic E-state index is 11.8. The van der Waals surface area contributed by atoms with E-state index in [1.54, 1.807) is 7.05 Å². The lowest BCUT2D eigenvalue weighted by molar-refractivity contribution is -0.126. The van der Waals surface area contributed by atoms with Gasteiger partial charge < -0.3 is 10.6 Å². The Hall–Kier alpha value is -1.35. The number of rotatable bonds is 5. The van der Waals surface area contributed by atoms with E-state index in [9.17, 15) is 4.79 Å². The Balaban J connectivity index is 2.44. The van der Waals surface area contributed by atoms with E-state index >= 15 is 0 Å². The van der Waals surface area contributed by atoms with Crippen LogP contribution in [0.15, 0.2) is 24.3 Å². The molecule has 2 N–H and O–H groups in total. The number of hydrogen-bond acceptors (Lipinski definition) is 2. The molecule has 0 atom stereocenters. The minimum absolute atomic E-state index is 0.0357. The van der Waals surface area contributed by atoms with Gasteiger partial charge in [-0.1, -0.05) is 24.3 Å². The molecule has 1 amide bonds. The van der Waals surface area contributed by atoms with Gasteiger partial charge in [0.25, 0.3) is 0 Å². The van der Waals surface area contributed by atoms with Crippen molar-refractivity contribution >= 4 is 5.91 Å². The van der Waals surface area contributed by atoms with Gasteiger partial charge in [0.15, 0.2) is 0 Å². The summed E-state index contributed by atoms with van der Waals surface area (Å²) in [5, 5.41) is 5.94. The zero-order valence-electron chi connectivity index (χ0n) is 11.1. The second-order valence-corrected chi connectivity index (χ2v) is 4.81. The number of carbonyl (C=O) groups is 1. The fourth-order valence-corrected chi connectivity index (χ4v) is 1.54. The van der Waals surface area contributed by atoms with Gasteiger partial charge in [0, 0.05) is 6.54 Å². The molecule has 0 saturated heterocycles. The first-order chi connectivity index (χ1) is 7.97. The molecule has 0 aliphatic heterocycles. The Morgan fingerprint density at radius 2 is 1.94 bits per heavy atom. The summed E-state index contributed by atoms with van der Waals surface area (Å²) in [6.07, 6.45) is 0.873. The molecule has 0 bridgehead atoms. The number of carbonyl (C=O) groups excluding carboxylic acids is 1. The molecular weight excluding hydrogens is 212 g/mol. The molecule has 3 nitrogen and oxygen atoms in total. The molecule has 0 saturated carbocycles. The lowest BCUT2D eigenvalue weighted by atomic mass is 10.0. The number of benzene rings is 1. The van der Waals surface area contributed by atoms with Gasteiger partial charge in [0.1, 0.15) is 0 Å². The normalized spacial score (nSPS) is 11.3. The third-order valence-corrected chi connectivity index (χ3v) is 3.13. The monoisotopic (exact) mass is 234 g/mol. The van der Waals surface area contributed by atoms with Gasteiger partial charge in [-0.2, -0.15) is 0 Å². The van der Waals surface area contributed by atoms with E-state index < -0.39 is 5.54 Å². The molecule has 0 heterocycles. The van der Waals surface area contributed by atoms with Gasteiger partial charge in [-0.15, -0.1) is 0 Å². The summed E-state index contributed by atoms with van der Waals surface area (Å²) < 4.78 is 0. The van der Waals surface area contributed by atoms with E-state index in [1.165, 1.54) is 11.1 Å². The Morgan fingerprint density at radius 3 is 2.53 bits per heavy atom. The van der Waals surface area contributed by atoms with Crippen LogP contribution in [0.5, 0.6) is 0 Å². The van der Waals surface area contributed by atoms with Crippen molar-refractivity contribution in [2.45, 2.75) is 32.7 Å². The van der Waals surface area contributed by atoms with Crippen molar-refractivity contribution in [2.75, 3.05) is 13.6 Å². The largest absolute Gasteiger partial charge is 0.354 e. The molecule has 0 fully saturated rings. The highest BCUT2D eigenvalue weighted by molar-refractivity contribution is 5.85. The SMILES string of the molecule is CNC(C)(C)C(=O)NCCc1ccccc1C. The van der Waals surface area contributed by atoms with Crippen molar-refractivity contribution in [3.63, 3.8) is 0 Å². The first-order valence-electron chi connectivity index (χ1n) is 5.99. The average molecular weight is 234 g/mol. The van der Waals surface area contributed by atoms with Crippen LogP contribution in [0.25, 0.3) is 0 Å². The van der Waals surface area contributed by atoms with E-state index in [0.29, 0.717) is 6.54 Å². The molecule has 3 heteroatoms. The highest BCUT2D eigenvalue weighted by Crippen LogP contribution is 2.07. The third-order valence-electron chi connectivity index (χ3n) is 3.13. The summed E-state index contributed by atoms with van der Waals surface area (Å²) in [7, 11) is 1.79. The van der Waals surface area contributed by atoms with Gasteiger partial charge in [0.2, 0.25) is 5.91 Å². The summed E-state index contributed by atoms with van der Waals surface area (Å²) >= 11 is 0. The fraction of sp³-hybridized carbons (Fsp3) is 0.500. The van der Waals surface area contributed by atoms with Crippen molar-refractivity contribution in [1.82, 2.24) is 10.6 Å². The Bertz CT molecular complexity index is 386. The second kappa shape index (κ2) is 5.82. The summed E-state index contributed by atoms with van der Waals surface area (Å²) in [5.41, 5.74) is 2.05. The van der Waals surface area contributed by atoms with Crippen LogP contribution >= 0.6 is 0 Å². The maximum absolute atomic E-state index is 11.8. The van der Waals surface area contributed by atoms with Gasteiger partial charge in [-0.25, -0.2) is 0 Å². The van der Waals surface area contributed by atoms with Crippen molar-refractivity contribution in [3.8, 4) is 0 Å². The van der Waals surface area contributed by atoms with E-state index in [2.05, 4.69) is 29.7 Å². The minimum atomic E-state index is -0.508. The standard InChI is InChI=1S/C14H22N2O/c1-11-7-5-6-8-12(11)9-10-16-13(17)14(2,3)15-4/h5-8,15H,9-10H2,1-4H3,(H,16,17). The van der Waals surface area contributed by atoms with Gasteiger partial charge in [0.05, 0.1) is 5.54 Å². The lowest BCUT2D eigenvalue weighted by Crippen LogP contribution is -2.51. The zero-order valence-corrected chi connectivity index (χ0v) is 11.1. The quantitative estimate of drug-likeness (QED) is 0.813. The molecule has 0 spiro atoms. The summed E-state index contributed by atoms with van der Waals surface area (Å²) in [4.78, 5) is 11.8. The topological polar surface area (TPSA) is 41.1 Å². The van der Waals surface area contributed by atoms with Crippen molar-refractivity contribution < 1.29 is 4.79 Å². The molecule has 1 rings (SSSR count). The smallest absolute Gasteiger partial charge is 0.239 e. The predicted molar refractivity (Wildman–Crippen MR) is 71.0 cm³/mol. The number of aryl methyl sites for hydroxylation is 1. The first-order valence-corrected chi connectivity index (χ1v) is 5.99. The molecule has 0 aromatic heterocycles. The molecule has 94 valence electrons. The molecule has 0 aliphatic carbocycles. The van der Waals surface area contributed by atoms with Gasteiger partial charge in [-0.05, 0) is 45.4 Å². The van der Waals surface area contributed by atoms with E-state index in [0.717, 1.165) is 6.42 Å². The lowest BCUT2D eigenvalue weighted by Gasteiger charge is -2.22. The zero-order chi connectivity index (χ0) is 12.9. The van der Waals surface area contributed by atoms with Crippen LogP contribution in [0.1, 0.15) is 25.0 Å². The van der Waals surface area contributed by atoms with Crippen LogP contribution in [0, 0.1) is 6.92 Å². The maximum Gasteiger partial charge on any atom is 0.239 e. The van der Waals surface area contributed by atoms with E-state index in [4.69, 9.17) is 0 Å². The molecule has 1 aromatic carbocycles. The Labute approximate surface area is 104 Å². The van der Waals surface area contributed by atoms with Crippen LogP contribution in [-0.4, -0.2) is 25.0 Å². The second-order valence-electron chi connectivity index (χ2n) is 4.81. The number of likely N-dealkylation sites (N-methyl/N-ethyl adjacent to an activating group) is 1. The van der Waals surface area contributed by atoms with Gasteiger partial charge in [-0.3, -0.25) is 4.79 Å². The highest BCUT2D eigenvalue weighted by atomic mass is 16.2. The summed E-state index contributed by atoms with van der Waals surface area (Å²) in [6.45, 7) is 6.51. The molecule has 17 heavy (non-hydrogen) atoms. The fourth-order valence-electron chi connectivity index (χ4n) is 1.54. The van der Waals surface area contributed by atoms with E-state index in [-0.39, 0.29) is 5.91 Å². The van der Waals surface area contributed by atoms with Crippen LogP contribution in [0.2, 0.25) is 0 Å². The average Bonchev–Trinajstić information content (AvgIpc) is 2.31. The van der Waals surface area contributed by atoms with Gasteiger partial charge >= 0.3 is 0 Å². The van der Waals surface area contributed by atoms with Crippen molar-refractivity contribution in [1.29, 1.82) is 0 Å². The molecule has 0 aliphatic rings. The molecule has 0 radical (unpaired) electrons. The highest BCUT2D eigenvalue weighted by Gasteiger charge is 2.24. The number of nitrogens with one attached hydrogen (secondary N) is 2. The van der Waals surface area contributed by atoms with Crippen molar-refractivity contribution in [2.24, 2.45) is 0 Å². The van der Waals surface area contributed by atoms with Crippen molar-refractivity contribution in [3.05, 3.63) is 35.4 Å². The molecule has 1 aromatic rings. The van der Waals surface area contributed by atoms with Crippen LogP contribution in [-0.2, 0) is 11.2 Å². The molecular formula is C14H22N2O. The first kappa shape index (κ1) is 13.7. The number of hydrogen-bond donors (Lipinski definition) is 2. The minimum Gasteiger partial charge on any atom is -0.354 e. The Morgan fingerprint density at radius 1 is 1.29 bits per heavy atom. The van der Waals surface area contributed by atoms with E-state index in [1.807, 2.05) is 26.0 Å². The third kappa shape index (κ3) is 3.86. The summed E-state index contributed by atoms with van der Waals surface area (Å²) in [6, 6.07) is 8.25. The van der Waals surface area contributed by atoms with Crippen LogP contribution < -0.4 is 10.6 Å². The molecule has 0 unspecified atom stereocenters. The predicted octanol–water partition coefficient (Wildman–Crippen LogP) is 1.65. The van der Waals surface area contributed by atoms with Crippen LogP contribution in [0.4, 0.5) is 0 Å². The summed E-state index contributed by atoms with van der Waals surface area (Å²) in [5.74, 6) is 0.0357.